The second-order valence-electron chi connectivity index (χ2n) is 5.77. The van der Waals surface area contributed by atoms with Gasteiger partial charge in [-0.15, -0.1) is 0 Å². The fourth-order valence-corrected chi connectivity index (χ4v) is 2.64. The summed E-state index contributed by atoms with van der Waals surface area (Å²) in [5.74, 6) is -4.35. The molecule has 1 N–H and O–H groups in total. The quantitative estimate of drug-likeness (QED) is 0.737. The summed E-state index contributed by atoms with van der Waals surface area (Å²) in [5.41, 5.74) is 2.30. The lowest BCUT2D eigenvalue weighted by atomic mass is 10.1. The summed E-state index contributed by atoms with van der Waals surface area (Å²) < 4.78 is 41.7. The fourth-order valence-electron chi connectivity index (χ4n) is 2.64. The first-order chi connectivity index (χ1) is 11.9. The van der Waals surface area contributed by atoms with Crippen molar-refractivity contribution in [1.29, 1.82) is 0 Å². The van der Waals surface area contributed by atoms with Crippen LogP contribution in [0, 0.1) is 24.4 Å². The standard InChI is InChI=1S/C18H16F3N3O/c1-10-23-14-9-11(3-6-15(14)24(10)2)7-8-22-18(25)12-4-5-13(19)17(21)16(12)20/h3-6,9H,7-8H2,1-2H3,(H,22,25). The van der Waals surface area contributed by atoms with Crippen molar-refractivity contribution in [2.75, 3.05) is 6.54 Å². The van der Waals surface area contributed by atoms with Crippen molar-refractivity contribution in [3.05, 3.63) is 64.7 Å². The lowest BCUT2D eigenvalue weighted by molar-refractivity contribution is 0.0949. The Hall–Kier alpha value is -2.83. The molecule has 130 valence electrons. The number of aryl methyl sites for hydroxylation is 2. The minimum absolute atomic E-state index is 0.231. The molecule has 0 spiro atoms. The van der Waals surface area contributed by atoms with E-state index < -0.39 is 28.9 Å². The highest BCUT2D eigenvalue weighted by atomic mass is 19.2. The zero-order valence-corrected chi connectivity index (χ0v) is 13.7. The number of halogens is 3. The average molecular weight is 347 g/mol. The molecular weight excluding hydrogens is 331 g/mol. The molecule has 0 aliphatic carbocycles. The van der Waals surface area contributed by atoms with Gasteiger partial charge in [-0.25, -0.2) is 18.2 Å². The summed E-state index contributed by atoms with van der Waals surface area (Å²) in [6, 6.07) is 7.44. The Morgan fingerprint density at radius 1 is 1.16 bits per heavy atom. The van der Waals surface area contributed by atoms with Crippen LogP contribution in [0.25, 0.3) is 11.0 Å². The number of nitrogens with zero attached hydrogens (tertiary/aromatic N) is 2. The Morgan fingerprint density at radius 2 is 1.92 bits per heavy atom. The van der Waals surface area contributed by atoms with Crippen LogP contribution in [-0.2, 0) is 13.5 Å². The molecule has 0 aliphatic rings. The molecule has 0 saturated carbocycles. The molecule has 2 aromatic carbocycles. The molecule has 0 atom stereocenters. The van der Waals surface area contributed by atoms with Crippen LogP contribution >= 0.6 is 0 Å². The Labute approximate surface area is 142 Å². The van der Waals surface area contributed by atoms with Crippen LogP contribution < -0.4 is 5.32 Å². The summed E-state index contributed by atoms with van der Waals surface area (Å²) in [7, 11) is 1.93. The number of amides is 1. The highest BCUT2D eigenvalue weighted by Crippen LogP contribution is 2.17. The van der Waals surface area contributed by atoms with Gasteiger partial charge in [-0.2, -0.15) is 0 Å². The molecule has 0 radical (unpaired) electrons. The van der Waals surface area contributed by atoms with Gasteiger partial charge in [0.2, 0.25) is 0 Å². The van der Waals surface area contributed by atoms with Gasteiger partial charge < -0.3 is 9.88 Å². The molecule has 0 fully saturated rings. The number of carbonyl (C=O) groups excluding carboxylic acids is 1. The van der Waals surface area contributed by atoms with E-state index in [-0.39, 0.29) is 6.54 Å². The molecule has 0 saturated heterocycles. The predicted molar refractivity (Wildman–Crippen MR) is 87.8 cm³/mol. The lowest BCUT2D eigenvalue weighted by Crippen LogP contribution is -2.27. The van der Waals surface area contributed by atoms with Crippen LogP contribution in [-0.4, -0.2) is 22.0 Å². The zero-order valence-electron chi connectivity index (χ0n) is 13.7. The molecule has 3 aromatic rings. The third-order valence-corrected chi connectivity index (χ3v) is 4.15. The zero-order chi connectivity index (χ0) is 18.1. The summed E-state index contributed by atoms with van der Waals surface area (Å²) >= 11 is 0. The largest absolute Gasteiger partial charge is 0.352 e. The van der Waals surface area contributed by atoms with Gasteiger partial charge in [-0.1, -0.05) is 6.07 Å². The molecule has 1 aromatic heterocycles. The topological polar surface area (TPSA) is 46.9 Å². The second-order valence-corrected chi connectivity index (χ2v) is 5.77. The van der Waals surface area contributed by atoms with Gasteiger partial charge in [0.25, 0.3) is 5.91 Å². The van der Waals surface area contributed by atoms with Gasteiger partial charge in [0.1, 0.15) is 5.82 Å². The van der Waals surface area contributed by atoms with E-state index in [2.05, 4.69) is 10.3 Å². The maximum atomic E-state index is 13.6. The number of imidazole rings is 1. The van der Waals surface area contributed by atoms with E-state index in [1.807, 2.05) is 36.7 Å². The predicted octanol–water partition coefficient (Wildman–Crippen LogP) is 3.27. The van der Waals surface area contributed by atoms with Gasteiger partial charge in [0, 0.05) is 13.6 Å². The van der Waals surface area contributed by atoms with Crippen LogP contribution in [0.15, 0.2) is 30.3 Å². The Morgan fingerprint density at radius 3 is 2.68 bits per heavy atom. The molecule has 3 rings (SSSR count). The van der Waals surface area contributed by atoms with Crippen LogP contribution in [0.5, 0.6) is 0 Å². The van der Waals surface area contributed by atoms with Crippen LogP contribution in [0.3, 0.4) is 0 Å². The van der Waals surface area contributed by atoms with Crippen molar-refractivity contribution in [3.8, 4) is 0 Å². The molecule has 7 heteroatoms. The van der Waals surface area contributed by atoms with Crippen molar-refractivity contribution >= 4 is 16.9 Å². The Bertz CT molecular complexity index is 966. The van der Waals surface area contributed by atoms with Crippen molar-refractivity contribution < 1.29 is 18.0 Å². The molecule has 1 heterocycles. The van der Waals surface area contributed by atoms with E-state index in [1.54, 1.807) is 0 Å². The number of rotatable bonds is 4. The minimum atomic E-state index is -1.65. The second kappa shape index (κ2) is 6.58. The summed E-state index contributed by atoms with van der Waals surface area (Å²) in [6.45, 7) is 2.14. The number of hydrogen-bond acceptors (Lipinski definition) is 2. The van der Waals surface area contributed by atoms with Crippen LogP contribution in [0.1, 0.15) is 21.7 Å². The molecule has 1 amide bonds. The van der Waals surface area contributed by atoms with Gasteiger partial charge in [0.15, 0.2) is 17.5 Å². The summed E-state index contributed by atoms with van der Waals surface area (Å²) in [4.78, 5) is 16.4. The molecule has 0 unspecified atom stereocenters. The van der Waals surface area contributed by atoms with E-state index in [4.69, 9.17) is 0 Å². The maximum Gasteiger partial charge on any atom is 0.254 e. The highest BCUT2D eigenvalue weighted by molar-refractivity contribution is 5.94. The van der Waals surface area contributed by atoms with E-state index >= 15 is 0 Å². The van der Waals surface area contributed by atoms with Gasteiger partial charge in [-0.05, 0) is 43.2 Å². The number of nitrogens with one attached hydrogen (secondary N) is 1. The molecule has 0 bridgehead atoms. The first-order valence-corrected chi connectivity index (χ1v) is 7.72. The van der Waals surface area contributed by atoms with Crippen LogP contribution in [0.4, 0.5) is 13.2 Å². The normalized spacial score (nSPS) is 11.1. The minimum Gasteiger partial charge on any atom is -0.352 e. The van der Waals surface area contributed by atoms with Crippen molar-refractivity contribution in [2.24, 2.45) is 7.05 Å². The lowest BCUT2D eigenvalue weighted by Gasteiger charge is -2.07. The van der Waals surface area contributed by atoms with Gasteiger partial charge in [0.05, 0.1) is 16.6 Å². The smallest absolute Gasteiger partial charge is 0.254 e. The number of hydrogen-bond donors (Lipinski definition) is 1. The Balaban J connectivity index is 1.67. The van der Waals surface area contributed by atoms with E-state index in [0.29, 0.717) is 6.42 Å². The molecule has 25 heavy (non-hydrogen) atoms. The number of fused-ring (bicyclic) bond motifs is 1. The summed E-state index contributed by atoms with van der Waals surface area (Å²) in [6.07, 6.45) is 0.503. The van der Waals surface area contributed by atoms with Crippen molar-refractivity contribution in [3.63, 3.8) is 0 Å². The van der Waals surface area contributed by atoms with E-state index in [0.717, 1.165) is 34.6 Å². The highest BCUT2D eigenvalue weighted by Gasteiger charge is 2.18. The molecule has 0 aliphatic heterocycles. The van der Waals surface area contributed by atoms with Crippen molar-refractivity contribution in [1.82, 2.24) is 14.9 Å². The van der Waals surface area contributed by atoms with E-state index in [9.17, 15) is 18.0 Å². The third-order valence-electron chi connectivity index (χ3n) is 4.15. The summed E-state index contributed by atoms with van der Waals surface area (Å²) in [5, 5.41) is 2.51. The molecular formula is C18H16F3N3O. The fraction of sp³-hybridized carbons (Fsp3) is 0.222. The van der Waals surface area contributed by atoms with Crippen LogP contribution in [0.2, 0.25) is 0 Å². The van der Waals surface area contributed by atoms with Gasteiger partial charge >= 0.3 is 0 Å². The maximum absolute atomic E-state index is 13.6. The monoisotopic (exact) mass is 347 g/mol. The number of carbonyl (C=O) groups is 1. The number of benzene rings is 2. The Kier molecular flexibility index (Phi) is 4.48. The first-order valence-electron chi connectivity index (χ1n) is 7.72. The average Bonchev–Trinajstić information content (AvgIpc) is 2.86. The van der Waals surface area contributed by atoms with E-state index in [1.165, 1.54) is 0 Å². The first kappa shape index (κ1) is 17.0. The third kappa shape index (κ3) is 3.22. The number of aromatic nitrogens is 2. The van der Waals surface area contributed by atoms with Gasteiger partial charge in [-0.3, -0.25) is 4.79 Å². The SMILES string of the molecule is Cc1nc2cc(CCNC(=O)c3ccc(F)c(F)c3F)ccc2n1C. The molecule has 4 nitrogen and oxygen atoms in total. The van der Waals surface area contributed by atoms with Crippen molar-refractivity contribution in [2.45, 2.75) is 13.3 Å².